The smallest absolute Gasteiger partial charge is 0.337 e. The summed E-state index contributed by atoms with van der Waals surface area (Å²) in [6, 6.07) is 56.5. The Kier molecular flexibility index (Phi) is 31.6. The third kappa shape index (κ3) is 23.6. The molecule has 8 rings (SSSR count). The number of thiocarbonyl (C=S) groups is 1. The highest BCUT2D eigenvalue weighted by atomic mass is 32.2. The molecular weight excluding hydrogens is 1250 g/mol. The van der Waals surface area contributed by atoms with Gasteiger partial charge in [0.25, 0.3) is 11.8 Å². The second-order valence-electron chi connectivity index (χ2n) is 24.5. The molecule has 0 aromatic heterocycles. The molecule has 4 amide bonds. The van der Waals surface area contributed by atoms with Crippen molar-refractivity contribution in [2.75, 3.05) is 61.8 Å². The predicted octanol–water partition coefficient (Wildman–Crippen LogP) is 20.0. The van der Waals surface area contributed by atoms with E-state index in [0.717, 1.165) is 84.6 Å². The van der Waals surface area contributed by atoms with Crippen molar-refractivity contribution in [3.05, 3.63) is 227 Å². The van der Waals surface area contributed by atoms with E-state index >= 15 is 0 Å². The molecule has 1 heterocycles. The van der Waals surface area contributed by atoms with Crippen molar-refractivity contribution in [3.8, 4) is 0 Å². The van der Waals surface area contributed by atoms with Gasteiger partial charge >= 0.3 is 12.0 Å². The molecule has 2 atom stereocenters. The number of esters is 1. The summed E-state index contributed by atoms with van der Waals surface area (Å²) in [5.74, 6) is 3.68. The summed E-state index contributed by atoms with van der Waals surface area (Å²) in [6.45, 7) is 10.7. The van der Waals surface area contributed by atoms with Gasteiger partial charge in [0.2, 0.25) is 0 Å². The summed E-state index contributed by atoms with van der Waals surface area (Å²) >= 11 is 11.9. The van der Waals surface area contributed by atoms with E-state index in [1.54, 1.807) is 43.0 Å². The van der Waals surface area contributed by atoms with Crippen LogP contribution in [0.25, 0.3) is 10.8 Å². The fourth-order valence-electron chi connectivity index (χ4n) is 11.8. The van der Waals surface area contributed by atoms with Gasteiger partial charge in [-0.15, -0.1) is 18.3 Å². The van der Waals surface area contributed by atoms with Gasteiger partial charge in [0.05, 0.1) is 28.5 Å². The standard InChI is InChI=1S/C79H96N4O7S4/c1-4-7-29-60-40-42-63(43-41-60)66(54-72(94-77(91)65-34-21-16-22-35-65)64-44-46-67(47-45-64)80-78(87)82-81-71-49-48-70-74-68(71)37-28-38-69(74)75(85)83(6-3)76(70)86)36-27-39-73(84)90-59-79(5-2,57-88-50-23-10-8-12-25-52-92-55-61-30-17-14-18-31-61)58-89-51-24-11-9-13-26-53-93-56-62-32-19-15-20-33-62/h4,14-22,28,30-35,37-38,40-49,66,72,81H,1,5-13,23-27,29,36,39,50-59H2,2-3H3,(H2,80,82,87). The lowest BCUT2D eigenvalue weighted by Crippen LogP contribution is -2.40. The lowest BCUT2D eigenvalue weighted by Gasteiger charge is -2.32. The zero-order valence-electron chi connectivity index (χ0n) is 55.1. The molecule has 0 fully saturated rings. The SMILES string of the molecule is C=CCCc1ccc(C(CCCC(=O)OCC(CC)(COCCCCCCCSCc2ccccc2)COCCCCCCCSCc2ccccc2)CC(SC(=S)c2ccccc2)c2ccc(NC(=O)NNc3ccc4c5c(cccc35)C(=O)N(CC)C4=O)cc2)cc1. The van der Waals surface area contributed by atoms with Crippen molar-refractivity contribution < 1.29 is 33.4 Å². The Bertz CT molecular complexity index is 3360. The Morgan fingerprint density at radius 1 is 0.617 bits per heavy atom. The van der Waals surface area contributed by atoms with Crippen LogP contribution in [0.2, 0.25) is 0 Å². The topological polar surface area (TPSA) is 135 Å². The molecule has 1 aliphatic heterocycles. The molecule has 11 nitrogen and oxygen atoms in total. The Morgan fingerprint density at radius 3 is 1.79 bits per heavy atom. The number of aryl methyl sites for hydroxylation is 1. The fourth-order valence-corrected chi connectivity index (χ4v) is 15.3. The average Bonchev–Trinajstić information content (AvgIpc) is 0.745. The molecule has 0 saturated heterocycles. The van der Waals surface area contributed by atoms with Crippen molar-refractivity contribution >= 4 is 97.7 Å². The number of allylic oxidation sites excluding steroid dienone is 1. The number of hydrogen-bond acceptors (Lipinski definition) is 12. The molecule has 7 aromatic carbocycles. The van der Waals surface area contributed by atoms with Gasteiger partial charge in [-0.3, -0.25) is 30.1 Å². The van der Waals surface area contributed by atoms with Crippen molar-refractivity contribution in [3.63, 3.8) is 0 Å². The summed E-state index contributed by atoms with van der Waals surface area (Å²) in [5, 5.41) is 4.06. The molecule has 3 N–H and O–H groups in total. The molecule has 0 saturated carbocycles. The molecule has 7 aromatic rings. The number of imide groups is 1. The van der Waals surface area contributed by atoms with Crippen LogP contribution in [0, 0.1) is 5.41 Å². The Labute approximate surface area is 577 Å². The third-order valence-corrected chi connectivity index (χ3v) is 21.4. The summed E-state index contributed by atoms with van der Waals surface area (Å²) in [7, 11) is 0. The number of thioether (sulfide) groups is 3. The Hall–Kier alpha value is -6.72. The predicted molar refractivity (Wildman–Crippen MR) is 399 cm³/mol. The zero-order chi connectivity index (χ0) is 66.0. The number of ether oxygens (including phenoxy) is 3. The molecule has 15 heteroatoms. The van der Waals surface area contributed by atoms with Gasteiger partial charge in [0, 0.05) is 70.5 Å². The number of carbonyl (C=O) groups excluding carboxylic acids is 4. The van der Waals surface area contributed by atoms with Crippen LogP contribution in [0.5, 0.6) is 0 Å². The highest BCUT2D eigenvalue weighted by Crippen LogP contribution is 2.43. The highest BCUT2D eigenvalue weighted by Gasteiger charge is 2.34. The monoisotopic (exact) mass is 1340 g/mol. The van der Waals surface area contributed by atoms with Crippen molar-refractivity contribution in [2.45, 2.75) is 146 Å². The second-order valence-corrected chi connectivity index (χ2v) is 28.5. The molecule has 0 radical (unpaired) electrons. The van der Waals surface area contributed by atoms with E-state index in [1.165, 1.54) is 77.2 Å². The fraction of sp³-hybridized carbons (Fsp3) is 0.405. The first-order valence-corrected chi connectivity index (χ1v) is 37.5. The number of nitrogens with zero attached hydrogens (tertiary/aromatic N) is 1. The number of carbonyl (C=O) groups is 4. The van der Waals surface area contributed by atoms with Crippen molar-refractivity contribution in [1.29, 1.82) is 0 Å². The van der Waals surface area contributed by atoms with Crippen LogP contribution in [0.3, 0.4) is 0 Å². The van der Waals surface area contributed by atoms with Gasteiger partial charge in [-0.2, -0.15) is 23.5 Å². The highest BCUT2D eigenvalue weighted by molar-refractivity contribution is 8.23. The minimum atomic E-state index is -0.500. The van der Waals surface area contributed by atoms with E-state index in [-0.39, 0.29) is 48.5 Å². The molecule has 2 unspecified atom stereocenters. The molecule has 0 spiro atoms. The Morgan fingerprint density at radius 2 is 1.19 bits per heavy atom. The van der Waals surface area contributed by atoms with E-state index in [4.69, 9.17) is 26.4 Å². The largest absolute Gasteiger partial charge is 0.465 e. The molecule has 0 bridgehead atoms. The van der Waals surface area contributed by atoms with E-state index in [2.05, 4.69) is 115 Å². The lowest BCUT2D eigenvalue weighted by molar-refractivity contribution is -0.152. The molecule has 0 aliphatic carbocycles. The van der Waals surface area contributed by atoms with Gasteiger partial charge < -0.3 is 19.5 Å². The first-order valence-electron chi connectivity index (χ1n) is 33.9. The zero-order valence-corrected chi connectivity index (χ0v) is 58.4. The number of hydrogen-bond donors (Lipinski definition) is 3. The maximum absolute atomic E-state index is 14.0. The van der Waals surface area contributed by atoms with E-state index < -0.39 is 11.4 Å². The first kappa shape index (κ1) is 73.1. The van der Waals surface area contributed by atoms with E-state index in [1.807, 2.05) is 90.3 Å². The third-order valence-electron chi connectivity index (χ3n) is 17.4. The van der Waals surface area contributed by atoms with Gasteiger partial charge in [0.1, 0.15) is 6.61 Å². The number of hydrazine groups is 1. The summed E-state index contributed by atoms with van der Waals surface area (Å²) in [5.41, 5.74) is 14.5. The van der Waals surface area contributed by atoms with Crippen molar-refractivity contribution in [1.82, 2.24) is 10.3 Å². The van der Waals surface area contributed by atoms with Gasteiger partial charge in [-0.05, 0) is 152 Å². The minimum absolute atomic E-state index is 0.0673. The number of unbranched alkanes of at least 4 members (excludes halogenated alkanes) is 8. The average molecular weight is 1340 g/mol. The number of amides is 4. The number of urea groups is 1. The number of benzene rings is 7. The molecule has 498 valence electrons. The quantitative estimate of drug-likeness (QED) is 0.00838. The molecule has 94 heavy (non-hydrogen) atoms. The van der Waals surface area contributed by atoms with Gasteiger partial charge in [0.15, 0.2) is 0 Å². The van der Waals surface area contributed by atoms with E-state index in [0.29, 0.717) is 66.1 Å². The van der Waals surface area contributed by atoms with Gasteiger partial charge in [-0.1, -0.05) is 203 Å². The van der Waals surface area contributed by atoms with Crippen molar-refractivity contribution in [2.24, 2.45) is 5.41 Å². The van der Waals surface area contributed by atoms with Crippen LogP contribution in [0.15, 0.2) is 183 Å². The number of anilines is 2. The normalized spacial score (nSPS) is 12.8. The maximum Gasteiger partial charge on any atom is 0.337 e. The van der Waals surface area contributed by atoms with E-state index in [9.17, 15) is 19.2 Å². The van der Waals surface area contributed by atoms with Crippen LogP contribution >= 0.6 is 47.5 Å². The van der Waals surface area contributed by atoms with Crippen LogP contribution in [-0.2, 0) is 36.9 Å². The maximum atomic E-state index is 14.0. The summed E-state index contributed by atoms with van der Waals surface area (Å²) in [4.78, 5) is 55.2. The number of nitrogens with one attached hydrogen (secondary N) is 3. The minimum Gasteiger partial charge on any atom is -0.465 e. The molecular formula is C79H96N4O7S4. The number of rotatable bonds is 44. The van der Waals surface area contributed by atoms with Crippen LogP contribution in [-0.4, -0.2) is 84.0 Å². The van der Waals surface area contributed by atoms with Crippen LogP contribution < -0.4 is 16.2 Å². The lowest BCUT2D eigenvalue weighted by atomic mass is 9.87. The Balaban J connectivity index is 0.870. The molecule has 1 aliphatic rings. The van der Waals surface area contributed by atoms with Crippen LogP contribution in [0.1, 0.15) is 182 Å². The second kappa shape index (κ2) is 40.6. The summed E-state index contributed by atoms with van der Waals surface area (Å²) in [6.07, 6.45) is 18.5. The first-order chi connectivity index (χ1) is 46.1. The van der Waals surface area contributed by atoms with Crippen LogP contribution in [0.4, 0.5) is 16.2 Å². The summed E-state index contributed by atoms with van der Waals surface area (Å²) < 4.78 is 19.9. The van der Waals surface area contributed by atoms with Gasteiger partial charge in [-0.25, -0.2) is 4.79 Å².